The summed E-state index contributed by atoms with van der Waals surface area (Å²) in [7, 11) is 1.59. The molecule has 1 N–H and O–H groups in total. The lowest BCUT2D eigenvalue weighted by atomic mass is 10.2. The van der Waals surface area contributed by atoms with Gasteiger partial charge in [0.05, 0.1) is 12.8 Å². The summed E-state index contributed by atoms with van der Waals surface area (Å²) in [4.78, 5) is 22.1. The van der Waals surface area contributed by atoms with Crippen LogP contribution >= 0.6 is 11.3 Å². The van der Waals surface area contributed by atoms with Gasteiger partial charge in [-0.05, 0) is 37.3 Å². The van der Waals surface area contributed by atoms with Gasteiger partial charge in [0.1, 0.15) is 10.8 Å². The lowest BCUT2D eigenvalue weighted by molar-refractivity contribution is 0.0954. The highest BCUT2D eigenvalue weighted by atomic mass is 32.1. The number of aromatic nitrogens is 2. The standard InChI is InChI=1S/C19H19N3O2S/c1-13-17(25-19(22-13)15-6-4-9-20-12-15)8-10-21-18(23)14-5-3-7-16(11-14)24-2/h3-7,9,11-12H,8,10H2,1-2H3,(H,21,23). The van der Waals surface area contributed by atoms with Crippen LogP contribution in [-0.2, 0) is 6.42 Å². The largest absolute Gasteiger partial charge is 0.497 e. The van der Waals surface area contributed by atoms with E-state index in [0.717, 1.165) is 22.7 Å². The van der Waals surface area contributed by atoms with E-state index in [-0.39, 0.29) is 5.91 Å². The summed E-state index contributed by atoms with van der Waals surface area (Å²) >= 11 is 1.64. The van der Waals surface area contributed by atoms with Gasteiger partial charge in [0.2, 0.25) is 0 Å². The zero-order valence-corrected chi connectivity index (χ0v) is 15.0. The number of hydrogen-bond acceptors (Lipinski definition) is 5. The average Bonchev–Trinajstić information content (AvgIpc) is 3.03. The molecule has 0 atom stereocenters. The molecule has 2 aromatic heterocycles. The van der Waals surface area contributed by atoms with Crippen LogP contribution in [0.25, 0.3) is 10.6 Å². The second-order valence-electron chi connectivity index (χ2n) is 5.51. The van der Waals surface area contributed by atoms with E-state index >= 15 is 0 Å². The van der Waals surface area contributed by atoms with Gasteiger partial charge in [-0.25, -0.2) is 4.98 Å². The number of rotatable bonds is 6. The Hall–Kier alpha value is -2.73. The fraction of sp³-hybridized carbons (Fsp3) is 0.211. The number of carbonyl (C=O) groups is 1. The van der Waals surface area contributed by atoms with Gasteiger partial charge in [-0.15, -0.1) is 11.3 Å². The first-order valence-corrected chi connectivity index (χ1v) is 8.78. The molecule has 128 valence electrons. The van der Waals surface area contributed by atoms with Crippen LogP contribution in [0.15, 0.2) is 48.8 Å². The normalized spacial score (nSPS) is 10.5. The maximum Gasteiger partial charge on any atom is 0.251 e. The minimum absolute atomic E-state index is 0.103. The number of aryl methyl sites for hydroxylation is 1. The van der Waals surface area contributed by atoms with Crippen molar-refractivity contribution in [1.29, 1.82) is 0 Å². The van der Waals surface area contributed by atoms with E-state index in [1.807, 2.05) is 31.3 Å². The molecule has 0 bridgehead atoms. The molecule has 0 aliphatic heterocycles. The molecule has 3 rings (SSSR count). The molecule has 0 aliphatic rings. The van der Waals surface area contributed by atoms with Crippen LogP contribution in [0.2, 0.25) is 0 Å². The van der Waals surface area contributed by atoms with Gasteiger partial charge < -0.3 is 10.1 Å². The quantitative estimate of drug-likeness (QED) is 0.737. The molecular formula is C19H19N3O2S. The van der Waals surface area contributed by atoms with E-state index in [0.29, 0.717) is 17.9 Å². The van der Waals surface area contributed by atoms with E-state index < -0.39 is 0 Å². The summed E-state index contributed by atoms with van der Waals surface area (Å²) in [5, 5.41) is 3.91. The van der Waals surface area contributed by atoms with Crippen molar-refractivity contribution in [2.24, 2.45) is 0 Å². The fourth-order valence-corrected chi connectivity index (χ4v) is 3.48. The number of methoxy groups -OCH3 is 1. The van der Waals surface area contributed by atoms with Crippen molar-refractivity contribution in [1.82, 2.24) is 15.3 Å². The Morgan fingerprint density at radius 1 is 1.28 bits per heavy atom. The molecule has 3 aromatic rings. The van der Waals surface area contributed by atoms with Gasteiger partial charge in [0.15, 0.2) is 0 Å². The van der Waals surface area contributed by atoms with Crippen LogP contribution in [-0.4, -0.2) is 29.5 Å². The molecule has 0 fully saturated rings. The number of pyridine rings is 1. The van der Waals surface area contributed by atoms with Gasteiger partial charge in [0.25, 0.3) is 5.91 Å². The molecule has 0 saturated carbocycles. The van der Waals surface area contributed by atoms with Crippen LogP contribution in [0.4, 0.5) is 0 Å². The molecule has 0 radical (unpaired) electrons. The molecule has 1 amide bonds. The summed E-state index contributed by atoms with van der Waals surface area (Å²) in [6, 6.07) is 11.0. The number of amides is 1. The monoisotopic (exact) mass is 353 g/mol. The molecule has 2 heterocycles. The first-order valence-electron chi connectivity index (χ1n) is 7.96. The number of thiazole rings is 1. The molecule has 1 aromatic carbocycles. The van der Waals surface area contributed by atoms with Crippen molar-refractivity contribution in [2.75, 3.05) is 13.7 Å². The zero-order chi connectivity index (χ0) is 17.6. The van der Waals surface area contributed by atoms with Gasteiger partial charge >= 0.3 is 0 Å². The molecule has 0 saturated heterocycles. The highest BCUT2D eigenvalue weighted by Crippen LogP contribution is 2.27. The maximum atomic E-state index is 12.2. The molecular weight excluding hydrogens is 334 g/mol. The van der Waals surface area contributed by atoms with Gasteiger partial charge in [0, 0.05) is 41.4 Å². The number of nitrogens with one attached hydrogen (secondary N) is 1. The average molecular weight is 353 g/mol. The third kappa shape index (κ3) is 4.22. The molecule has 0 aliphatic carbocycles. The second kappa shape index (κ2) is 7.90. The van der Waals surface area contributed by atoms with Gasteiger partial charge in [-0.3, -0.25) is 9.78 Å². The van der Waals surface area contributed by atoms with E-state index in [9.17, 15) is 4.79 Å². The van der Waals surface area contributed by atoms with Crippen LogP contribution in [0.3, 0.4) is 0 Å². The molecule has 0 unspecified atom stereocenters. The number of ether oxygens (including phenoxy) is 1. The molecule has 0 spiro atoms. The minimum Gasteiger partial charge on any atom is -0.497 e. The van der Waals surface area contributed by atoms with Crippen LogP contribution in [0, 0.1) is 6.92 Å². The van der Waals surface area contributed by atoms with Crippen molar-refractivity contribution < 1.29 is 9.53 Å². The summed E-state index contributed by atoms with van der Waals surface area (Å²) in [6.07, 6.45) is 4.31. The number of benzene rings is 1. The summed E-state index contributed by atoms with van der Waals surface area (Å²) in [6.45, 7) is 2.56. The van der Waals surface area contributed by atoms with Crippen LogP contribution < -0.4 is 10.1 Å². The SMILES string of the molecule is COc1cccc(C(=O)NCCc2sc(-c3cccnc3)nc2C)c1. The van der Waals surface area contributed by atoms with E-state index in [1.54, 1.807) is 42.8 Å². The van der Waals surface area contributed by atoms with Gasteiger partial charge in [-0.2, -0.15) is 0 Å². The Kier molecular flexibility index (Phi) is 5.40. The van der Waals surface area contributed by atoms with Crippen LogP contribution in [0.1, 0.15) is 20.9 Å². The highest BCUT2D eigenvalue weighted by Gasteiger charge is 2.11. The van der Waals surface area contributed by atoms with E-state index in [2.05, 4.69) is 15.3 Å². The Bertz CT molecular complexity index is 862. The predicted octanol–water partition coefficient (Wildman–Crippen LogP) is 3.49. The molecule has 6 heteroatoms. The number of carbonyl (C=O) groups excluding carboxylic acids is 1. The molecule has 5 nitrogen and oxygen atoms in total. The molecule has 25 heavy (non-hydrogen) atoms. The maximum absolute atomic E-state index is 12.2. The fourth-order valence-electron chi connectivity index (χ4n) is 2.43. The van der Waals surface area contributed by atoms with Crippen LogP contribution in [0.5, 0.6) is 5.75 Å². The Balaban J connectivity index is 1.60. The van der Waals surface area contributed by atoms with Crippen molar-refractivity contribution in [3.8, 4) is 16.3 Å². The Morgan fingerprint density at radius 3 is 2.92 bits per heavy atom. The van der Waals surface area contributed by atoms with E-state index in [4.69, 9.17) is 4.74 Å². The van der Waals surface area contributed by atoms with Gasteiger partial charge in [-0.1, -0.05) is 6.07 Å². The smallest absolute Gasteiger partial charge is 0.251 e. The lowest BCUT2D eigenvalue weighted by Crippen LogP contribution is -2.25. The topological polar surface area (TPSA) is 64.1 Å². The summed E-state index contributed by atoms with van der Waals surface area (Å²) in [5.41, 5.74) is 2.61. The number of hydrogen-bond donors (Lipinski definition) is 1. The summed E-state index contributed by atoms with van der Waals surface area (Å²) < 4.78 is 5.15. The van der Waals surface area contributed by atoms with Crippen molar-refractivity contribution in [2.45, 2.75) is 13.3 Å². The summed E-state index contributed by atoms with van der Waals surface area (Å²) in [5.74, 6) is 0.570. The van der Waals surface area contributed by atoms with E-state index in [1.165, 1.54) is 4.88 Å². The zero-order valence-electron chi connectivity index (χ0n) is 14.2. The minimum atomic E-state index is -0.103. The third-order valence-corrected chi connectivity index (χ3v) is 5.04. The number of nitrogens with zero attached hydrogens (tertiary/aromatic N) is 2. The van der Waals surface area contributed by atoms with Crippen molar-refractivity contribution in [3.63, 3.8) is 0 Å². The lowest BCUT2D eigenvalue weighted by Gasteiger charge is -2.06. The highest BCUT2D eigenvalue weighted by molar-refractivity contribution is 7.15. The van der Waals surface area contributed by atoms with Crippen molar-refractivity contribution in [3.05, 3.63) is 64.9 Å². The second-order valence-corrected chi connectivity index (χ2v) is 6.59. The first kappa shape index (κ1) is 17.1. The Labute approximate surface area is 150 Å². The first-order chi connectivity index (χ1) is 12.2. The third-order valence-electron chi connectivity index (χ3n) is 3.77. The van der Waals surface area contributed by atoms with Crippen molar-refractivity contribution >= 4 is 17.2 Å². The Morgan fingerprint density at radius 2 is 2.16 bits per heavy atom. The predicted molar refractivity (Wildman–Crippen MR) is 99.1 cm³/mol.